The van der Waals surface area contributed by atoms with E-state index in [4.69, 9.17) is 10.5 Å². The Morgan fingerprint density at radius 1 is 1.19 bits per heavy atom. The van der Waals surface area contributed by atoms with Crippen molar-refractivity contribution < 1.29 is 17.5 Å². The molecule has 4 nitrogen and oxygen atoms in total. The van der Waals surface area contributed by atoms with Gasteiger partial charge in [0.15, 0.2) is 9.84 Å². The minimum absolute atomic E-state index is 0.157. The number of halogens is 1. The average molecular weight is 377 g/mol. The Morgan fingerprint density at radius 2 is 1.88 bits per heavy atom. The maximum absolute atomic E-state index is 13.7. The molecule has 0 spiro atoms. The van der Waals surface area contributed by atoms with E-state index in [1.165, 1.54) is 12.1 Å². The molecule has 0 unspecified atom stereocenters. The molecule has 0 amide bonds. The van der Waals surface area contributed by atoms with Gasteiger partial charge in [0.05, 0.1) is 16.8 Å². The molecule has 0 bridgehead atoms. The topological polar surface area (TPSA) is 69.4 Å². The molecular weight excluding hydrogens is 353 g/mol. The van der Waals surface area contributed by atoms with Crippen molar-refractivity contribution in [3.63, 3.8) is 0 Å². The van der Waals surface area contributed by atoms with Crippen LogP contribution < -0.4 is 5.73 Å². The fourth-order valence-electron chi connectivity index (χ4n) is 3.79. The van der Waals surface area contributed by atoms with E-state index in [2.05, 4.69) is 0 Å². The Labute approximate surface area is 154 Å². The number of benzene rings is 2. The van der Waals surface area contributed by atoms with Gasteiger partial charge >= 0.3 is 0 Å². The number of nitrogens with two attached hydrogens (primary N) is 1. The minimum atomic E-state index is -3.63. The van der Waals surface area contributed by atoms with Crippen LogP contribution in [0.3, 0.4) is 0 Å². The minimum Gasteiger partial charge on any atom is -0.381 e. The van der Waals surface area contributed by atoms with Crippen molar-refractivity contribution in [2.24, 2.45) is 11.1 Å². The van der Waals surface area contributed by atoms with E-state index in [-0.39, 0.29) is 29.8 Å². The quantitative estimate of drug-likeness (QED) is 0.805. The normalized spacial score (nSPS) is 25.2. The van der Waals surface area contributed by atoms with Gasteiger partial charge < -0.3 is 10.5 Å². The smallest absolute Gasteiger partial charge is 0.182 e. The Balaban J connectivity index is 2.05. The van der Waals surface area contributed by atoms with Crippen molar-refractivity contribution in [2.75, 3.05) is 19.8 Å². The molecule has 0 aromatic heterocycles. The molecule has 2 N–H and O–H groups in total. The second-order valence-corrected chi connectivity index (χ2v) is 8.96. The van der Waals surface area contributed by atoms with E-state index >= 15 is 0 Å². The highest BCUT2D eigenvalue weighted by Crippen LogP contribution is 2.63. The van der Waals surface area contributed by atoms with Crippen LogP contribution >= 0.6 is 0 Å². The highest BCUT2D eigenvalue weighted by Gasteiger charge is 2.70. The van der Waals surface area contributed by atoms with Crippen LogP contribution in [0.4, 0.5) is 4.39 Å². The van der Waals surface area contributed by atoms with E-state index < -0.39 is 20.5 Å². The molecule has 1 aliphatic rings. The van der Waals surface area contributed by atoms with Crippen LogP contribution in [0.2, 0.25) is 0 Å². The molecule has 140 valence electrons. The fraction of sp³-hybridized carbons (Fsp3) is 0.400. The van der Waals surface area contributed by atoms with Gasteiger partial charge in [0, 0.05) is 24.5 Å². The number of rotatable bonds is 7. The first kappa shape index (κ1) is 19.0. The van der Waals surface area contributed by atoms with Gasteiger partial charge in [-0.2, -0.15) is 0 Å². The SMILES string of the molecule is CCOC[C@]1(CN)[C@@H](c2cccc(F)c2)[C@@H]1S(=O)(=O)c1ccc(C)cc1. The van der Waals surface area contributed by atoms with Crippen LogP contribution in [0.25, 0.3) is 0 Å². The van der Waals surface area contributed by atoms with Crippen molar-refractivity contribution in [3.8, 4) is 0 Å². The monoisotopic (exact) mass is 377 g/mol. The molecule has 1 saturated carbocycles. The van der Waals surface area contributed by atoms with Crippen LogP contribution in [-0.4, -0.2) is 33.4 Å². The molecule has 1 aliphatic carbocycles. The molecule has 1 fully saturated rings. The van der Waals surface area contributed by atoms with Crippen LogP contribution in [0.1, 0.15) is 24.0 Å². The van der Waals surface area contributed by atoms with Gasteiger partial charge in [-0.1, -0.05) is 29.8 Å². The van der Waals surface area contributed by atoms with Gasteiger partial charge in [-0.15, -0.1) is 0 Å². The van der Waals surface area contributed by atoms with Crippen molar-refractivity contribution in [1.29, 1.82) is 0 Å². The van der Waals surface area contributed by atoms with Crippen molar-refractivity contribution in [1.82, 2.24) is 0 Å². The summed E-state index contributed by atoms with van der Waals surface area (Å²) in [7, 11) is -3.63. The van der Waals surface area contributed by atoms with E-state index in [1.807, 2.05) is 13.8 Å². The second kappa shape index (κ2) is 7.10. The third-order valence-corrected chi connectivity index (χ3v) is 7.57. The molecule has 3 atom stereocenters. The third kappa shape index (κ3) is 3.17. The molecule has 6 heteroatoms. The molecule has 3 rings (SSSR count). The number of hydrogen-bond donors (Lipinski definition) is 1. The van der Waals surface area contributed by atoms with Gasteiger partial charge in [0.25, 0.3) is 0 Å². The maximum Gasteiger partial charge on any atom is 0.182 e. The molecule has 2 aromatic rings. The highest BCUT2D eigenvalue weighted by atomic mass is 32.2. The Hall–Kier alpha value is -1.76. The van der Waals surface area contributed by atoms with Crippen molar-refractivity contribution in [3.05, 3.63) is 65.5 Å². The summed E-state index contributed by atoms with van der Waals surface area (Å²) in [6.45, 7) is 4.62. The van der Waals surface area contributed by atoms with Crippen LogP contribution in [0.15, 0.2) is 53.4 Å². The summed E-state index contributed by atoms with van der Waals surface area (Å²) >= 11 is 0. The maximum atomic E-state index is 13.7. The summed E-state index contributed by atoms with van der Waals surface area (Å²) in [5.74, 6) is -0.774. The lowest BCUT2D eigenvalue weighted by molar-refractivity contribution is 0.101. The number of aryl methyl sites for hydroxylation is 1. The summed E-state index contributed by atoms with van der Waals surface area (Å²) in [5, 5.41) is -0.726. The average Bonchev–Trinajstić information content (AvgIpc) is 3.31. The van der Waals surface area contributed by atoms with Gasteiger partial charge in [-0.25, -0.2) is 12.8 Å². The largest absolute Gasteiger partial charge is 0.381 e. The lowest BCUT2D eigenvalue weighted by Crippen LogP contribution is -2.29. The van der Waals surface area contributed by atoms with Crippen LogP contribution in [-0.2, 0) is 14.6 Å². The third-order valence-electron chi connectivity index (χ3n) is 5.23. The van der Waals surface area contributed by atoms with Gasteiger partial charge in [0.2, 0.25) is 0 Å². The summed E-state index contributed by atoms with van der Waals surface area (Å²) in [5.41, 5.74) is 6.92. The summed E-state index contributed by atoms with van der Waals surface area (Å²) < 4.78 is 45.9. The molecule has 2 aromatic carbocycles. The van der Waals surface area contributed by atoms with Crippen molar-refractivity contribution >= 4 is 9.84 Å². The van der Waals surface area contributed by atoms with E-state index in [0.29, 0.717) is 12.2 Å². The summed E-state index contributed by atoms with van der Waals surface area (Å²) in [6, 6.07) is 12.9. The van der Waals surface area contributed by atoms with Crippen LogP contribution in [0, 0.1) is 18.2 Å². The first-order valence-electron chi connectivity index (χ1n) is 8.70. The summed E-state index contributed by atoms with van der Waals surface area (Å²) in [6.07, 6.45) is 0. The zero-order valence-corrected chi connectivity index (χ0v) is 15.8. The zero-order chi connectivity index (χ0) is 18.9. The van der Waals surface area contributed by atoms with Gasteiger partial charge in [0.1, 0.15) is 5.82 Å². The second-order valence-electron chi connectivity index (χ2n) is 6.89. The molecule has 26 heavy (non-hydrogen) atoms. The number of hydrogen-bond acceptors (Lipinski definition) is 4. The Morgan fingerprint density at radius 3 is 2.46 bits per heavy atom. The lowest BCUT2D eigenvalue weighted by Gasteiger charge is -2.16. The first-order chi connectivity index (χ1) is 12.4. The lowest BCUT2D eigenvalue weighted by atomic mass is 10.00. The first-order valence-corrected chi connectivity index (χ1v) is 10.3. The predicted molar refractivity (Wildman–Crippen MR) is 99.3 cm³/mol. The molecular formula is C20H24FNO3S. The number of sulfone groups is 1. The Kier molecular flexibility index (Phi) is 5.19. The van der Waals surface area contributed by atoms with Crippen LogP contribution in [0.5, 0.6) is 0 Å². The molecule has 0 heterocycles. The van der Waals surface area contributed by atoms with Gasteiger partial charge in [-0.05, 0) is 43.7 Å². The van der Waals surface area contributed by atoms with E-state index in [1.54, 1.807) is 36.4 Å². The standard InChI is InChI=1S/C20H24FNO3S/c1-3-25-13-20(12-22)18(15-5-4-6-16(21)11-15)19(20)26(23,24)17-9-7-14(2)8-10-17/h4-11,18-19H,3,12-13,22H2,1-2H3/t18-,19-,20+/m0/s1. The summed E-state index contributed by atoms with van der Waals surface area (Å²) in [4.78, 5) is 0.265. The highest BCUT2D eigenvalue weighted by molar-refractivity contribution is 7.92. The number of ether oxygens (including phenoxy) is 1. The van der Waals surface area contributed by atoms with E-state index in [9.17, 15) is 12.8 Å². The Bertz CT molecular complexity index is 882. The molecule has 0 aliphatic heterocycles. The molecule has 0 saturated heterocycles. The van der Waals surface area contributed by atoms with Gasteiger partial charge in [-0.3, -0.25) is 0 Å². The molecule has 0 radical (unpaired) electrons. The predicted octanol–water partition coefficient (Wildman–Crippen LogP) is 3.06. The fourth-order valence-corrected chi connectivity index (χ4v) is 6.23. The van der Waals surface area contributed by atoms with Crippen molar-refractivity contribution in [2.45, 2.75) is 29.9 Å². The zero-order valence-electron chi connectivity index (χ0n) is 15.0. The van der Waals surface area contributed by atoms with E-state index in [0.717, 1.165) is 5.56 Å².